The first kappa shape index (κ1) is 18.1. The molecule has 2 N–H and O–H groups in total. The lowest BCUT2D eigenvalue weighted by Crippen LogP contribution is -2.34. The Balaban J connectivity index is 2.74. The first-order valence-corrected chi connectivity index (χ1v) is 8.84. The van der Waals surface area contributed by atoms with Crippen molar-refractivity contribution < 1.29 is 13.5 Å². The maximum absolute atomic E-state index is 12.2. The summed E-state index contributed by atoms with van der Waals surface area (Å²) in [5.41, 5.74) is 0.879. The fourth-order valence-electron chi connectivity index (χ4n) is 2.04. The lowest BCUT2D eigenvalue weighted by Gasteiger charge is -2.23. The van der Waals surface area contributed by atoms with E-state index in [0.717, 1.165) is 12.0 Å². The van der Waals surface area contributed by atoms with Crippen LogP contribution in [0, 0.1) is 11.3 Å². The summed E-state index contributed by atoms with van der Waals surface area (Å²) in [5.74, 6) is 0.546. The van der Waals surface area contributed by atoms with Crippen LogP contribution in [-0.2, 0) is 16.4 Å². The van der Waals surface area contributed by atoms with Crippen molar-refractivity contribution in [1.82, 2.24) is 4.72 Å². The summed E-state index contributed by atoms with van der Waals surface area (Å²) < 4.78 is 27.1. The van der Waals surface area contributed by atoms with E-state index >= 15 is 0 Å². The van der Waals surface area contributed by atoms with E-state index in [1.807, 2.05) is 26.0 Å². The Kier molecular flexibility index (Phi) is 6.38. The lowest BCUT2D eigenvalue weighted by atomic mass is 9.90. The van der Waals surface area contributed by atoms with Crippen LogP contribution in [0.1, 0.15) is 39.7 Å². The average molecular weight is 313 g/mol. The fourth-order valence-corrected chi connectivity index (χ4v) is 3.28. The monoisotopic (exact) mass is 313 g/mol. The zero-order chi connectivity index (χ0) is 16.1. The quantitative estimate of drug-likeness (QED) is 0.775. The van der Waals surface area contributed by atoms with Crippen LogP contribution in [0.5, 0.6) is 0 Å². The average Bonchev–Trinajstić information content (AvgIpc) is 2.37. The van der Waals surface area contributed by atoms with Gasteiger partial charge in [-0.15, -0.1) is 0 Å². The molecular formula is C16H27NO3S. The number of rotatable bonds is 8. The van der Waals surface area contributed by atoms with Gasteiger partial charge in [0.1, 0.15) is 0 Å². The molecule has 120 valence electrons. The molecule has 1 aromatic rings. The topological polar surface area (TPSA) is 66.4 Å². The molecule has 1 aromatic carbocycles. The van der Waals surface area contributed by atoms with Gasteiger partial charge < -0.3 is 5.11 Å². The van der Waals surface area contributed by atoms with Gasteiger partial charge in [0.05, 0.1) is 4.90 Å². The van der Waals surface area contributed by atoms with Crippen LogP contribution in [-0.4, -0.2) is 26.7 Å². The molecule has 0 aliphatic rings. The Morgan fingerprint density at radius 3 is 2.24 bits per heavy atom. The van der Waals surface area contributed by atoms with Crippen molar-refractivity contribution >= 4 is 10.0 Å². The first-order valence-electron chi connectivity index (χ1n) is 7.36. The van der Waals surface area contributed by atoms with Crippen molar-refractivity contribution in [2.24, 2.45) is 11.3 Å². The predicted molar refractivity (Wildman–Crippen MR) is 85.7 cm³/mol. The standard InChI is InChI=1S/C16H27NO3S/c1-13(2)11-14-5-7-15(8-6-14)21(19,20)17-12-16(3,4)9-10-18/h5-8,13,17-18H,9-12H2,1-4H3. The zero-order valence-corrected chi connectivity index (χ0v) is 14.2. The molecule has 0 saturated heterocycles. The molecule has 0 fully saturated rings. The molecule has 1 rings (SSSR count). The van der Waals surface area contributed by atoms with Gasteiger partial charge in [-0.25, -0.2) is 13.1 Å². The zero-order valence-electron chi connectivity index (χ0n) is 13.4. The Bertz CT molecular complexity index is 533. The van der Waals surface area contributed by atoms with Crippen molar-refractivity contribution in [3.63, 3.8) is 0 Å². The molecule has 0 amide bonds. The highest BCUT2D eigenvalue weighted by Gasteiger charge is 2.21. The van der Waals surface area contributed by atoms with Crippen LogP contribution in [0.25, 0.3) is 0 Å². The second kappa shape index (κ2) is 7.38. The highest BCUT2D eigenvalue weighted by molar-refractivity contribution is 7.89. The van der Waals surface area contributed by atoms with E-state index in [2.05, 4.69) is 18.6 Å². The van der Waals surface area contributed by atoms with Gasteiger partial charge in [0.25, 0.3) is 0 Å². The van der Waals surface area contributed by atoms with Gasteiger partial charge in [-0.2, -0.15) is 0 Å². The van der Waals surface area contributed by atoms with E-state index in [0.29, 0.717) is 18.9 Å². The number of nitrogens with one attached hydrogen (secondary N) is 1. The number of hydrogen-bond acceptors (Lipinski definition) is 3. The highest BCUT2D eigenvalue weighted by atomic mass is 32.2. The molecule has 21 heavy (non-hydrogen) atoms. The number of aliphatic hydroxyl groups excluding tert-OH is 1. The molecule has 0 aliphatic heterocycles. The van der Waals surface area contributed by atoms with E-state index in [-0.39, 0.29) is 16.9 Å². The summed E-state index contributed by atoms with van der Waals surface area (Å²) >= 11 is 0. The molecule has 0 radical (unpaired) electrons. The van der Waals surface area contributed by atoms with Crippen molar-refractivity contribution in [3.05, 3.63) is 29.8 Å². The van der Waals surface area contributed by atoms with E-state index in [9.17, 15) is 8.42 Å². The summed E-state index contributed by atoms with van der Waals surface area (Å²) in [7, 11) is -3.49. The van der Waals surface area contributed by atoms with E-state index in [1.54, 1.807) is 12.1 Å². The van der Waals surface area contributed by atoms with Gasteiger partial charge in [0, 0.05) is 13.2 Å². The molecule has 0 aliphatic carbocycles. The largest absolute Gasteiger partial charge is 0.396 e. The normalized spacial score (nSPS) is 12.9. The summed E-state index contributed by atoms with van der Waals surface area (Å²) in [5, 5.41) is 8.97. The Hall–Kier alpha value is -0.910. The summed E-state index contributed by atoms with van der Waals surface area (Å²) in [6.45, 7) is 8.49. The predicted octanol–water partition coefficient (Wildman–Crippen LogP) is 2.57. The second-order valence-corrected chi connectivity index (χ2v) is 8.47. The van der Waals surface area contributed by atoms with Crippen LogP contribution in [0.2, 0.25) is 0 Å². The number of sulfonamides is 1. The van der Waals surface area contributed by atoms with Crippen LogP contribution >= 0.6 is 0 Å². The van der Waals surface area contributed by atoms with Gasteiger partial charge in [-0.05, 0) is 41.9 Å². The molecule has 0 heterocycles. The molecule has 0 bridgehead atoms. The highest BCUT2D eigenvalue weighted by Crippen LogP contribution is 2.20. The lowest BCUT2D eigenvalue weighted by molar-refractivity contribution is 0.213. The van der Waals surface area contributed by atoms with Gasteiger partial charge in [-0.1, -0.05) is 39.8 Å². The van der Waals surface area contributed by atoms with Crippen molar-refractivity contribution in [2.75, 3.05) is 13.2 Å². The summed E-state index contributed by atoms with van der Waals surface area (Å²) in [6.07, 6.45) is 1.50. The SMILES string of the molecule is CC(C)Cc1ccc(S(=O)(=O)NCC(C)(C)CCO)cc1. The second-order valence-electron chi connectivity index (χ2n) is 6.70. The van der Waals surface area contributed by atoms with Crippen LogP contribution in [0.4, 0.5) is 0 Å². The Morgan fingerprint density at radius 2 is 1.76 bits per heavy atom. The molecule has 0 atom stereocenters. The summed E-state index contributed by atoms with van der Waals surface area (Å²) in [4.78, 5) is 0.287. The number of hydrogen-bond donors (Lipinski definition) is 2. The maximum Gasteiger partial charge on any atom is 0.240 e. The van der Waals surface area contributed by atoms with Gasteiger partial charge >= 0.3 is 0 Å². The van der Waals surface area contributed by atoms with Crippen LogP contribution < -0.4 is 4.72 Å². The Labute approximate surface area is 128 Å². The smallest absolute Gasteiger partial charge is 0.240 e. The van der Waals surface area contributed by atoms with Crippen molar-refractivity contribution in [1.29, 1.82) is 0 Å². The van der Waals surface area contributed by atoms with Gasteiger partial charge in [0.15, 0.2) is 0 Å². The Morgan fingerprint density at radius 1 is 1.19 bits per heavy atom. The van der Waals surface area contributed by atoms with Crippen molar-refractivity contribution in [2.45, 2.75) is 45.4 Å². The van der Waals surface area contributed by atoms with E-state index < -0.39 is 10.0 Å². The minimum atomic E-state index is -3.49. The fraction of sp³-hybridized carbons (Fsp3) is 0.625. The molecule has 0 spiro atoms. The van der Waals surface area contributed by atoms with Crippen molar-refractivity contribution in [3.8, 4) is 0 Å². The first-order chi connectivity index (χ1) is 9.66. The minimum absolute atomic E-state index is 0.0542. The molecule has 0 unspecified atom stereocenters. The third-order valence-electron chi connectivity index (χ3n) is 3.41. The number of benzene rings is 1. The molecule has 4 nitrogen and oxygen atoms in total. The van der Waals surface area contributed by atoms with Gasteiger partial charge in [-0.3, -0.25) is 0 Å². The van der Waals surface area contributed by atoms with E-state index in [1.165, 1.54) is 0 Å². The molecule has 5 heteroatoms. The number of aliphatic hydroxyl groups is 1. The molecule has 0 saturated carbocycles. The maximum atomic E-state index is 12.2. The third kappa shape index (κ3) is 6.16. The minimum Gasteiger partial charge on any atom is -0.396 e. The third-order valence-corrected chi connectivity index (χ3v) is 4.82. The van der Waals surface area contributed by atoms with Gasteiger partial charge in [0.2, 0.25) is 10.0 Å². The van der Waals surface area contributed by atoms with Crippen LogP contribution in [0.15, 0.2) is 29.2 Å². The summed E-state index contributed by atoms with van der Waals surface area (Å²) in [6, 6.07) is 7.04. The molecule has 0 aromatic heterocycles. The van der Waals surface area contributed by atoms with Crippen LogP contribution in [0.3, 0.4) is 0 Å². The van der Waals surface area contributed by atoms with E-state index in [4.69, 9.17) is 5.11 Å². The molecular weight excluding hydrogens is 286 g/mol.